The molecule has 0 radical (unpaired) electrons. The molecule has 1 aromatic rings. The molecule has 0 aliphatic carbocycles. The van der Waals surface area contributed by atoms with Crippen LogP contribution in [-0.2, 0) is 17.9 Å². The Balaban J connectivity index is 2.46. The molecule has 3 N–H and O–H groups in total. The number of carbonyl (C=O) groups excluding carboxylic acids is 1. The Morgan fingerprint density at radius 2 is 2.40 bits per heavy atom. The maximum Gasteiger partial charge on any atom is 0.237 e. The summed E-state index contributed by atoms with van der Waals surface area (Å²) >= 11 is 0. The summed E-state index contributed by atoms with van der Waals surface area (Å²) in [5.41, 5.74) is 6.10. The summed E-state index contributed by atoms with van der Waals surface area (Å²) in [6.07, 6.45) is 3.37. The summed E-state index contributed by atoms with van der Waals surface area (Å²) in [6.45, 7) is 6.15. The quantitative estimate of drug-likeness (QED) is 0.700. The van der Waals surface area contributed by atoms with Crippen molar-refractivity contribution in [2.24, 2.45) is 11.7 Å². The molecule has 0 bridgehead atoms. The maximum atomic E-state index is 10.8. The minimum absolute atomic E-state index is 0.193. The zero-order valence-electron chi connectivity index (χ0n) is 9.23. The summed E-state index contributed by atoms with van der Waals surface area (Å²) in [5.74, 6) is 0.260. The number of nitrogens with zero attached hydrogens (tertiary/aromatic N) is 2. The van der Waals surface area contributed by atoms with E-state index >= 15 is 0 Å². The van der Waals surface area contributed by atoms with E-state index < -0.39 is 0 Å². The fourth-order valence-electron chi connectivity index (χ4n) is 1.29. The molecule has 1 rings (SSSR count). The fourth-order valence-corrected chi connectivity index (χ4v) is 1.29. The minimum Gasteiger partial charge on any atom is -0.368 e. The lowest BCUT2D eigenvalue weighted by atomic mass is 10.2. The second-order valence-corrected chi connectivity index (χ2v) is 4.00. The van der Waals surface area contributed by atoms with Gasteiger partial charge in [-0.3, -0.25) is 4.79 Å². The van der Waals surface area contributed by atoms with Crippen LogP contribution in [0.15, 0.2) is 12.5 Å². The fraction of sp³-hybridized carbons (Fsp3) is 0.600. The van der Waals surface area contributed by atoms with Crippen LogP contribution in [-0.4, -0.2) is 22.0 Å². The molecule has 5 nitrogen and oxygen atoms in total. The number of nitrogens with two attached hydrogens (primary N) is 1. The Morgan fingerprint density at radius 1 is 1.67 bits per heavy atom. The normalized spacial score (nSPS) is 10.9. The van der Waals surface area contributed by atoms with Crippen molar-refractivity contribution in [3.8, 4) is 0 Å². The SMILES string of the molecule is CC(C)CNCc1cncn1CC(N)=O. The summed E-state index contributed by atoms with van der Waals surface area (Å²) in [4.78, 5) is 14.7. The summed E-state index contributed by atoms with van der Waals surface area (Å²) in [7, 11) is 0. The van der Waals surface area contributed by atoms with Crippen LogP contribution in [0, 0.1) is 5.92 Å². The second-order valence-electron chi connectivity index (χ2n) is 4.00. The lowest BCUT2D eigenvalue weighted by molar-refractivity contribution is -0.118. The smallest absolute Gasteiger partial charge is 0.237 e. The van der Waals surface area contributed by atoms with Gasteiger partial charge in [-0.1, -0.05) is 13.8 Å². The van der Waals surface area contributed by atoms with Gasteiger partial charge in [0.05, 0.1) is 12.0 Å². The highest BCUT2D eigenvalue weighted by Crippen LogP contribution is 1.99. The number of amides is 1. The van der Waals surface area contributed by atoms with Crippen LogP contribution in [0.4, 0.5) is 0 Å². The van der Waals surface area contributed by atoms with Gasteiger partial charge in [0.15, 0.2) is 0 Å². The van der Waals surface area contributed by atoms with Crippen LogP contribution in [0.3, 0.4) is 0 Å². The lowest BCUT2D eigenvalue weighted by Crippen LogP contribution is -2.23. The molecular weight excluding hydrogens is 192 g/mol. The first-order chi connectivity index (χ1) is 7.09. The number of nitrogens with one attached hydrogen (secondary N) is 1. The van der Waals surface area contributed by atoms with Crippen molar-refractivity contribution in [2.75, 3.05) is 6.54 Å². The first-order valence-corrected chi connectivity index (χ1v) is 5.07. The average molecular weight is 210 g/mol. The molecule has 0 saturated carbocycles. The molecule has 0 aliphatic rings. The van der Waals surface area contributed by atoms with E-state index in [9.17, 15) is 4.79 Å². The zero-order chi connectivity index (χ0) is 11.3. The van der Waals surface area contributed by atoms with Crippen molar-refractivity contribution >= 4 is 5.91 Å². The third-order valence-corrected chi connectivity index (χ3v) is 1.98. The average Bonchev–Trinajstić information content (AvgIpc) is 2.51. The van der Waals surface area contributed by atoms with Crippen molar-refractivity contribution in [2.45, 2.75) is 26.9 Å². The molecule has 0 saturated heterocycles. The van der Waals surface area contributed by atoms with Crippen LogP contribution in [0.1, 0.15) is 19.5 Å². The van der Waals surface area contributed by atoms with Crippen LogP contribution >= 0.6 is 0 Å². The molecule has 1 aromatic heterocycles. The number of hydrogen-bond acceptors (Lipinski definition) is 3. The van der Waals surface area contributed by atoms with Crippen molar-refractivity contribution in [1.29, 1.82) is 0 Å². The van der Waals surface area contributed by atoms with Crippen molar-refractivity contribution in [3.63, 3.8) is 0 Å². The van der Waals surface area contributed by atoms with E-state index in [1.54, 1.807) is 17.1 Å². The maximum absolute atomic E-state index is 10.8. The third-order valence-electron chi connectivity index (χ3n) is 1.98. The molecule has 0 spiro atoms. The first kappa shape index (κ1) is 11.7. The number of carbonyl (C=O) groups is 1. The van der Waals surface area contributed by atoms with E-state index in [0.29, 0.717) is 12.5 Å². The van der Waals surface area contributed by atoms with E-state index in [2.05, 4.69) is 24.1 Å². The molecule has 0 atom stereocenters. The number of hydrogen-bond donors (Lipinski definition) is 2. The molecule has 5 heteroatoms. The van der Waals surface area contributed by atoms with Gasteiger partial charge < -0.3 is 15.6 Å². The van der Waals surface area contributed by atoms with Gasteiger partial charge in [0.25, 0.3) is 0 Å². The van der Waals surface area contributed by atoms with Gasteiger partial charge >= 0.3 is 0 Å². The predicted octanol–water partition coefficient (Wildman–Crippen LogP) is 0.114. The molecule has 0 fully saturated rings. The van der Waals surface area contributed by atoms with Crippen LogP contribution in [0.25, 0.3) is 0 Å². The van der Waals surface area contributed by atoms with E-state index in [0.717, 1.165) is 12.2 Å². The molecule has 15 heavy (non-hydrogen) atoms. The molecule has 1 amide bonds. The number of rotatable bonds is 6. The topological polar surface area (TPSA) is 72.9 Å². The second kappa shape index (κ2) is 5.50. The van der Waals surface area contributed by atoms with Gasteiger partial charge in [-0.25, -0.2) is 4.98 Å². The summed E-state index contributed by atoms with van der Waals surface area (Å²) in [6, 6.07) is 0. The Morgan fingerprint density at radius 3 is 3.00 bits per heavy atom. The highest BCUT2D eigenvalue weighted by Gasteiger charge is 2.04. The highest BCUT2D eigenvalue weighted by atomic mass is 16.1. The zero-order valence-corrected chi connectivity index (χ0v) is 9.23. The monoisotopic (exact) mass is 210 g/mol. The van der Waals surface area contributed by atoms with Crippen LogP contribution in [0.2, 0.25) is 0 Å². The van der Waals surface area contributed by atoms with Gasteiger partial charge in [-0.05, 0) is 12.5 Å². The lowest BCUT2D eigenvalue weighted by Gasteiger charge is -2.09. The standard InChI is InChI=1S/C10H18N4O/c1-8(2)3-12-4-9-5-13-7-14(9)6-10(11)15/h5,7-8,12H,3-4,6H2,1-2H3,(H2,11,15). The van der Waals surface area contributed by atoms with E-state index in [1.165, 1.54) is 0 Å². The predicted molar refractivity (Wildman–Crippen MR) is 58.0 cm³/mol. The number of imidazole rings is 1. The van der Waals surface area contributed by atoms with Crippen molar-refractivity contribution < 1.29 is 4.79 Å². The van der Waals surface area contributed by atoms with E-state index in [-0.39, 0.29) is 12.5 Å². The number of aromatic nitrogens is 2. The molecule has 0 aliphatic heterocycles. The summed E-state index contributed by atoms with van der Waals surface area (Å²) < 4.78 is 1.76. The largest absolute Gasteiger partial charge is 0.368 e. The molecule has 1 heterocycles. The van der Waals surface area contributed by atoms with Crippen molar-refractivity contribution in [1.82, 2.24) is 14.9 Å². The van der Waals surface area contributed by atoms with E-state index in [4.69, 9.17) is 5.73 Å². The molecular formula is C10H18N4O. The first-order valence-electron chi connectivity index (χ1n) is 5.07. The van der Waals surface area contributed by atoms with Gasteiger partial charge in [-0.2, -0.15) is 0 Å². The van der Waals surface area contributed by atoms with Gasteiger partial charge in [0.1, 0.15) is 6.54 Å². The highest BCUT2D eigenvalue weighted by molar-refractivity contribution is 5.73. The Hall–Kier alpha value is -1.36. The van der Waals surface area contributed by atoms with Crippen molar-refractivity contribution in [3.05, 3.63) is 18.2 Å². The number of primary amides is 1. The molecule has 84 valence electrons. The Kier molecular flexibility index (Phi) is 4.30. The molecule has 0 unspecified atom stereocenters. The van der Waals surface area contributed by atoms with E-state index in [1.807, 2.05) is 0 Å². The Bertz CT molecular complexity index is 319. The Labute approximate surface area is 89.7 Å². The van der Waals surface area contributed by atoms with Crippen LogP contribution < -0.4 is 11.1 Å². The third kappa shape index (κ3) is 4.12. The summed E-state index contributed by atoms with van der Waals surface area (Å²) in [5, 5.41) is 3.29. The van der Waals surface area contributed by atoms with Gasteiger partial charge in [-0.15, -0.1) is 0 Å². The van der Waals surface area contributed by atoms with Gasteiger partial charge in [0, 0.05) is 12.7 Å². The van der Waals surface area contributed by atoms with Crippen LogP contribution in [0.5, 0.6) is 0 Å². The minimum atomic E-state index is -0.349. The molecule has 0 aromatic carbocycles. The van der Waals surface area contributed by atoms with Gasteiger partial charge in [0.2, 0.25) is 5.91 Å².